The maximum absolute atomic E-state index is 13.0. The Morgan fingerprint density at radius 2 is 1.73 bits per heavy atom. The van der Waals surface area contributed by atoms with E-state index < -0.39 is 17.7 Å². The number of aliphatic imine (C=N–C) groups is 1. The van der Waals surface area contributed by atoms with E-state index in [1.54, 1.807) is 14.2 Å². The zero-order chi connectivity index (χ0) is 22.7. The molecule has 3 N–H and O–H groups in total. The molecule has 1 atom stereocenters. The summed E-state index contributed by atoms with van der Waals surface area (Å²) in [5.74, 6) is -2.10. The van der Waals surface area contributed by atoms with Crippen LogP contribution in [0.4, 0.5) is 13.2 Å². The van der Waals surface area contributed by atoms with Crippen LogP contribution in [0.15, 0.2) is 58.0 Å². The van der Waals surface area contributed by atoms with Crippen molar-refractivity contribution in [3.63, 3.8) is 0 Å². The summed E-state index contributed by atoms with van der Waals surface area (Å²) in [6, 6.07) is 14.9. The van der Waals surface area contributed by atoms with Gasteiger partial charge in [0.2, 0.25) is 0 Å². The van der Waals surface area contributed by atoms with Crippen molar-refractivity contribution in [2.45, 2.75) is 11.7 Å². The third-order valence-electron chi connectivity index (χ3n) is 4.21. The number of hydrogen-bond donors (Lipinski definition) is 2. The van der Waals surface area contributed by atoms with Crippen molar-refractivity contribution in [3.8, 4) is 5.75 Å². The second-order valence-electron chi connectivity index (χ2n) is 6.09. The molecule has 0 aromatic heterocycles. The SMILES string of the molecule is COc1cccc(C2(c3cccc(Br)c3)N=C(N)N(C)C2=O)c1.O=C(O)C(F)(F)F. The van der Waals surface area contributed by atoms with Crippen LogP contribution in [0.5, 0.6) is 5.75 Å². The standard InChI is InChI=1S/C17H16BrN3O2.C2HF3O2/c1-21-15(22)17(20-16(21)19,11-5-3-7-13(18)9-11)12-6-4-8-14(10-12)23-2;3-2(4,5)1(6)7/h3-10H,1-2H3,(H2,19,20);(H,6,7). The molecule has 0 fully saturated rings. The number of carbonyl (C=O) groups is 2. The van der Waals surface area contributed by atoms with Crippen LogP contribution >= 0.6 is 15.9 Å². The maximum atomic E-state index is 13.0. The first kappa shape index (κ1) is 23.2. The van der Waals surface area contributed by atoms with E-state index in [2.05, 4.69) is 20.9 Å². The van der Waals surface area contributed by atoms with Crippen molar-refractivity contribution in [1.29, 1.82) is 0 Å². The average molecular weight is 488 g/mol. The van der Waals surface area contributed by atoms with Gasteiger partial charge in [-0.15, -0.1) is 0 Å². The molecule has 0 aliphatic carbocycles. The fourth-order valence-corrected chi connectivity index (χ4v) is 3.14. The van der Waals surface area contributed by atoms with Crippen LogP contribution in [0.1, 0.15) is 11.1 Å². The fraction of sp³-hybridized carbons (Fsp3) is 0.211. The summed E-state index contributed by atoms with van der Waals surface area (Å²) in [6.45, 7) is 0. The van der Waals surface area contributed by atoms with E-state index in [4.69, 9.17) is 20.4 Å². The first-order chi connectivity index (χ1) is 13.9. The van der Waals surface area contributed by atoms with Gasteiger partial charge in [0.1, 0.15) is 5.75 Å². The van der Waals surface area contributed by atoms with Crippen LogP contribution in [0.2, 0.25) is 0 Å². The molecule has 1 amide bonds. The second-order valence-corrected chi connectivity index (χ2v) is 7.01. The lowest BCUT2D eigenvalue weighted by atomic mass is 9.83. The van der Waals surface area contributed by atoms with Crippen LogP contribution in [0.3, 0.4) is 0 Å². The largest absolute Gasteiger partial charge is 0.497 e. The molecular formula is C19H17BrF3N3O4. The van der Waals surface area contributed by atoms with E-state index in [9.17, 15) is 18.0 Å². The predicted molar refractivity (Wildman–Crippen MR) is 106 cm³/mol. The monoisotopic (exact) mass is 487 g/mol. The zero-order valence-corrected chi connectivity index (χ0v) is 17.4. The average Bonchev–Trinajstić information content (AvgIpc) is 2.93. The lowest BCUT2D eigenvalue weighted by molar-refractivity contribution is -0.192. The Bertz CT molecular complexity index is 997. The molecule has 2 aromatic carbocycles. The topological polar surface area (TPSA) is 105 Å². The van der Waals surface area contributed by atoms with Crippen LogP contribution in [-0.2, 0) is 15.1 Å². The van der Waals surface area contributed by atoms with Gasteiger partial charge >= 0.3 is 12.1 Å². The van der Waals surface area contributed by atoms with Gasteiger partial charge in [0.15, 0.2) is 11.5 Å². The molecule has 160 valence electrons. The van der Waals surface area contributed by atoms with E-state index in [0.29, 0.717) is 11.3 Å². The van der Waals surface area contributed by atoms with Gasteiger partial charge in [-0.3, -0.25) is 9.69 Å². The van der Waals surface area contributed by atoms with Crippen molar-refractivity contribution in [1.82, 2.24) is 4.90 Å². The minimum atomic E-state index is -5.08. The summed E-state index contributed by atoms with van der Waals surface area (Å²) in [4.78, 5) is 27.8. The maximum Gasteiger partial charge on any atom is 0.490 e. The van der Waals surface area contributed by atoms with Crippen LogP contribution < -0.4 is 10.5 Å². The molecule has 3 rings (SSSR count). The first-order valence-electron chi connectivity index (χ1n) is 8.27. The summed E-state index contributed by atoms with van der Waals surface area (Å²) >= 11 is 3.45. The smallest absolute Gasteiger partial charge is 0.490 e. The predicted octanol–water partition coefficient (Wildman–Crippen LogP) is 3.12. The number of alkyl halides is 3. The van der Waals surface area contributed by atoms with E-state index in [1.807, 2.05) is 48.5 Å². The number of amides is 1. The minimum absolute atomic E-state index is 0.192. The number of nitrogens with zero attached hydrogens (tertiary/aromatic N) is 2. The highest BCUT2D eigenvalue weighted by Gasteiger charge is 2.49. The zero-order valence-electron chi connectivity index (χ0n) is 15.8. The molecule has 0 bridgehead atoms. The van der Waals surface area contributed by atoms with Gasteiger partial charge in [-0.25, -0.2) is 9.79 Å². The van der Waals surface area contributed by atoms with Gasteiger partial charge in [0.25, 0.3) is 5.91 Å². The number of hydrogen-bond acceptors (Lipinski definition) is 5. The highest BCUT2D eigenvalue weighted by molar-refractivity contribution is 9.10. The quantitative estimate of drug-likeness (QED) is 0.691. The summed E-state index contributed by atoms with van der Waals surface area (Å²) in [6.07, 6.45) is -5.08. The van der Waals surface area contributed by atoms with Gasteiger partial charge < -0.3 is 15.6 Å². The Morgan fingerprint density at radius 1 is 1.20 bits per heavy atom. The highest BCUT2D eigenvalue weighted by Crippen LogP contribution is 2.40. The molecule has 0 saturated heterocycles. The van der Waals surface area contributed by atoms with Gasteiger partial charge in [0.05, 0.1) is 7.11 Å². The molecule has 1 heterocycles. The lowest BCUT2D eigenvalue weighted by Crippen LogP contribution is -2.41. The number of likely N-dealkylation sites (N-methyl/N-ethyl adjacent to an activating group) is 1. The Hall–Kier alpha value is -3.08. The first-order valence-corrected chi connectivity index (χ1v) is 9.07. The molecule has 0 radical (unpaired) electrons. The molecule has 1 aliphatic heterocycles. The van der Waals surface area contributed by atoms with E-state index in [-0.39, 0.29) is 11.9 Å². The lowest BCUT2D eigenvalue weighted by Gasteiger charge is -2.26. The molecular weight excluding hydrogens is 471 g/mol. The number of rotatable bonds is 3. The molecule has 7 nitrogen and oxygen atoms in total. The van der Waals surface area contributed by atoms with Crippen molar-refractivity contribution >= 4 is 33.8 Å². The molecule has 30 heavy (non-hydrogen) atoms. The van der Waals surface area contributed by atoms with Gasteiger partial charge in [0, 0.05) is 11.5 Å². The third kappa shape index (κ3) is 4.56. The Kier molecular flexibility index (Phi) is 6.76. The molecule has 1 unspecified atom stereocenters. The van der Waals surface area contributed by atoms with Crippen LogP contribution in [0.25, 0.3) is 0 Å². The number of carbonyl (C=O) groups excluding carboxylic acids is 1. The number of carboxylic acids is 1. The number of guanidine groups is 1. The number of methoxy groups -OCH3 is 1. The van der Waals surface area contributed by atoms with Crippen molar-refractivity contribution < 1.29 is 32.6 Å². The molecule has 0 spiro atoms. The normalized spacial score (nSPS) is 18.4. The Balaban J connectivity index is 0.000000396. The highest BCUT2D eigenvalue weighted by atomic mass is 79.9. The summed E-state index contributed by atoms with van der Waals surface area (Å²) in [5, 5.41) is 7.12. The molecule has 2 aromatic rings. The summed E-state index contributed by atoms with van der Waals surface area (Å²) in [5.41, 5.74) is 6.21. The number of aliphatic carboxylic acids is 1. The van der Waals surface area contributed by atoms with Crippen LogP contribution in [-0.4, -0.2) is 48.2 Å². The molecule has 11 heteroatoms. The summed E-state index contributed by atoms with van der Waals surface area (Å²) < 4.78 is 37.9. The van der Waals surface area contributed by atoms with Crippen molar-refractivity contribution in [2.75, 3.05) is 14.2 Å². The number of carboxylic acid groups (broad SMARTS) is 1. The molecule has 1 aliphatic rings. The van der Waals surface area contributed by atoms with Gasteiger partial charge in [-0.1, -0.05) is 40.2 Å². The van der Waals surface area contributed by atoms with Gasteiger partial charge in [-0.05, 0) is 35.4 Å². The number of benzene rings is 2. The van der Waals surface area contributed by atoms with E-state index in [0.717, 1.165) is 10.0 Å². The minimum Gasteiger partial charge on any atom is -0.497 e. The fourth-order valence-electron chi connectivity index (χ4n) is 2.75. The van der Waals surface area contributed by atoms with Gasteiger partial charge in [-0.2, -0.15) is 13.2 Å². The Morgan fingerprint density at radius 3 is 2.17 bits per heavy atom. The molecule has 0 saturated carbocycles. The second kappa shape index (κ2) is 8.74. The van der Waals surface area contributed by atoms with E-state index in [1.165, 1.54) is 4.90 Å². The van der Waals surface area contributed by atoms with Crippen molar-refractivity contribution in [2.24, 2.45) is 10.7 Å². The van der Waals surface area contributed by atoms with Crippen LogP contribution in [0, 0.1) is 0 Å². The number of ether oxygens (including phenoxy) is 1. The third-order valence-corrected chi connectivity index (χ3v) is 4.71. The number of halogens is 4. The number of nitrogens with two attached hydrogens (primary N) is 1. The van der Waals surface area contributed by atoms with E-state index >= 15 is 0 Å². The van der Waals surface area contributed by atoms with Crippen molar-refractivity contribution in [3.05, 3.63) is 64.1 Å². The Labute approximate surface area is 178 Å². The summed E-state index contributed by atoms with van der Waals surface area (Å²) in [7, 11) is 3.21.